The second kappa shape index (κ2) is 7.59. The van der Waals surface area contributed by atoms with Crippen LogP contribution >= 0.6 is 0 Å². The van der Waals surface area contributed by atoms with E-state index in [0.717, 1.165) is 18.5 Å². The average Bonchev–Trinajstić information content (AvgIpc) is 2.48. The molecule has 1 aromatic carbocycles. The van der Waals surface area contributed by atoms with Crippen LogP contribution in [0.2, 0.25) is 0 Å². The molecular formula is C16H22N4O. The predicted molar refractivity (Wildman–Crippen MR) is 84.3 cm³/mol. The summed E-state index contributed by atoms with van der Waals surface area (Å²) in [5, 5.41) is 3.23. The Morgan fingerprint density at radius 1 is 1.19 bits per heavy atom. The maximum Gasteiger partial charge on any atom is 0.234 e. The number of ether oxygens (including phenoxy) is 1. The zero-order chi connectivity index (χ0) is 15.1. The number of hydrogen-bond acceptors (Lipinski definition) is 5. The first-order valence-electron chi connectivity index (χ1n) is 7.18. The van der Waals surface area contributed by atoms with Gasteiger partial charge in [0, 0.05) is 12.6 Å². The molecule has 0 fully saturated rings. The summed E-state index contributed by atoms with van der Waals surface area (Å²) in [6, 6.07) is 10.1. The third-order valence-corrected chi connectivity index (χ3v) is 2.96. The fourth-order valence-corrected chi connectivity index (χ4v) is 1.95. The van der Waals surface area contributed by atoms with Crippen molar-refractivity contribution in [3.8, 4) is 5.88 Å². The topological polar surface area (TPSA) is 73.1 Å². The maximum atomic E-state index is 6.15. The molecule has 0 aliphatic heterocycles. The highest BCUT2D eigenvalue weighted by Gasteiger charge is 2.06. The van der Waals surface area contributed by atoms with E-state index >= 15 is 0 Å². The van der Waals surface area contributed by atoms with Crippen molar-refractivity contribution in [3.63, 3.8) is 0 Å². The number of rotatable bonds is 7. The number of nitrogens with one attached hydrogen (secondary N) is 1. The van der Waals surface area contributed by atoms with Crippen LogP contribution in [0.3, 0.4) is 0 Å². The first kappa shape index (κ1) is 15.3. The fourth-order valence-electron chi connectivity index (χ4n) is 1.95. The summed E-state index contributed by atoms with van der Waals surface area (Å²) in [4.78, 5) is 8.46. The Morgan fingerprint density at radius 2 is 1.95 bits per heavy atom. The van der Waals surface area contributed by atoms with Gasteiger partial charge in [-0.3, -0.25) is 4.98 Å². The van der Waals surface area contributed by atoms with Crippen molar-refractivity contribution in [3.05, 3.63) is 48.3 Å². The van der Waals surface area contributed by atoms with Gasteiger partial charge in [0.25, 0.3) is 0 Å². The van der Waals surface area contributed by atoms with E-state index in [0.29, 0.717) is 11.7 Å². The van der Waals surface area contributed by atoms with Crippen LogP contribution in [0.1, 0.15) is 31.9 Å². The van der Waals surface area contributed by atoms with Gasteiger partial charge in [-0.1, -0.05) is 30.3 Å². The summed E-state index contributed by atoms with van der Waals surface area (Å²) >= 11 is 0. The smallest absolute Gasteiger partial charge is 0.234 e. The summed E-state index contributed by atoms with van der Waals surface area (Å²) in [6.45, 7) is 4.65. The molecule has 3 N–H and O–H groups in total. The first-order valence-corrected chi connectivity index (χ1v) is 7.18. The van der Waals surface area contributed by atoms with Crippen molar-refractivity contribution < 1.29 is 4.74 Å². The van der Waals surface area contributed by atoms with Gasteiger partial charge in [0.05, 0.1) is 18.5 Å². The minimum Gasteiger partial charge on any atom is -0.474 e. The molecule has 0 aliphatic rings. The largest absolute Gasteiger partial charge is 0.474 e. The number of anilines is 1. The van der Waals surface area contributed by atoms with E-state index in [1.165, 1.54) is 0 Å². The van der Waals surface area contributed by atoms with Crippen molar-refractivity contribution >= 4 is 5.82 Å². The van der Waals surface area contributed by atoms with E-state index in [-0.39, 0.29) is 12.1 Å². The van der Waals surface area contributed by atoms with E-state index in [1.54, 1.807) is 12.4 Å². The number of benzene rings is 1. The van der Waals surface area contributed by atoms with Crippen molar-refractivity contribution in [2.75, 3.05) is 11.9 Å². The molecule has 0 radical (unpaired) electrons. The van der Waals surface area contributed by atoms with E-state index in [2.05, 4.69) is 15.3 Å². The molecule has 0 saturated carbocycles. The van der Waals surface area contributed by atoms with Crippen LogP contribution in [0, 0.1) is 0 Å². The molecule has 1 atom stereocenters. The van der Waals surface area contributed by atoms with Gasteiger partial charge in [-0.25, -0.2) is 0 Å². The molecular weight excluding hydrogens is 264 g/mol. The number of hydrogen-bond donors (Lipinski definition) is 2. The van der Waals surface area contributed by atoms with E-state index < -0.39 is 0 Å². The van der Waals surface area contributed by atoms with Crippen LogP contribution < -0.4 is 15.8 Å². The van der Waals surface area contributed by atoms with Gasteiger partial charge in [-0.15, -0.1) is 0 Å². The van der Waals surface area contributed by atoms with Crippen LogP contribution in [0.4, 0.5) is 5.82 Å². The van der Waals surface area contributed by atoms with Gasteiger partial charge in [-0.05, 0) is 25.8 Å². The molecule has 1 heterocycles. The highest BCUT2D eigenvalue weighted by molar-refractivity contribution is 5.33. The summed E-state index contributed by atoms with van der Waals surface area (Å²) in [6.07, 6.45) is 4.20. The van der Waals surface area contributed by atoms with E-state index in [1.807, 2.05) is 44.2 Å². The monoisotopic (exact) mass is 286 g/mol. The predicted octanol–water partition coefficient (Wildman–Crippen LogP) is 2.77. The molecule has 112 valence electrons. The molecule has 5 heteroatoms. The summed E-state index contributed by atoms with van der Waals surface area (Å²) in [7, 11) is 0. The highest BCUT2D eigenvalue weighted by Crippen LogP contribution is 2.14. The lowest BCUT2D eigenvalue weighted by Crippen LogP contribution is -2.16. The normalized spacial score (nSPS) is 12.2. The standard InChI is InChI=1S/C16H22N4O/c1-12(2)21-16-11-18-10-15(20-16)19-9-8-14(17)13-6-4-3-5-7-13/h3-7,10-12,14H,8-9,17H2,1-2H3,(H,19,20). The summed E-state index contributed by atoms with van der Waals surface area (Å²) < 4.78 is 5.51. The van der Waals surface area contributed by atoms with Gasteiger partial charge in [0.15, 0.2) is 0 Å². The van der Waals surface area contributed by atoms with Crippen LogP contribution in [-0.4, -0.2) is 22.6 Å². The molecule has 2 aromatic rings. The lowest BCUT2D eigenvalue weighted by molar-refractivity contribution is 0.232. The molecule has 5 nitrogen and oxygen atoms in total. The third kappa shape index (κ3) is 5.04. The second-order valence-corrected chi connectivity index (χ2v) is 5.14. The van der Waals surface area contributed by atoms with Gasteiger partial charge in [-0.2, -0.15) is 4.98 Å². The molecule has 2 rings (SSSR count). The minimum absolute atomic E-state index is 0.0155. The molecule has 0 spiro atoms. The first-order chi connectivity index (χ1) is 10.1. The quantitative estimate of drug-likeness (QED) is 0.818. The lowest BCUT2D eigenvalue weighted by Gasteiger charge is -2.13. The Bertz CT molecular complexity index is 545. The highest BCUT2D eigenvalue weighted by atomic mass is 16.5. The molecule has 0 bridgehead atoms. The number of nitrogens with zero attached hydrogens (tertiary/aromatic N) is 2. The second-order valence-electron chi connectivity index (χ2n) is 5.14. The van der Waals surface area contributed by atoms with Gasteiger partial charge < -0.3 is 15.8 Å². The van der Waals surface area contributed by atoms with Crippen LogP contribution in [0.15, 0.2) is 42.7 Å². The van der Waals surface area contributed by atoms with Crippen LogP contribution in [0.25, 0.3) is 0 Å². The van der Waals surface area contributed by atoms with Gasteiger partial charge >= 0.3 is 0 Å². The van der Waals surface area contributed by atoms with Crippen molar-refractivity contribution in [2.24, 2.45) is 5.73 Å². The minimum atomic E-state index is 0.0155. The van der Waals surface area contributed by atoms with Crippen molar-refractivity contribution in [2.45, 2.75) is 32.4 Å². The Morgan fingerprint density at radius 3 is 2.67 bits per heavy atom. The molecule has 0 amide bonds. The zero-order valence-corrected chi connectivity index (χ0v) is 12.5. The molecule has 0 saturated heterocycles. The number of aromatic nitrogens is 2. The van der Waals surface area contributed by atoms with E-state index in [9.17, 15) is 0 Å². The van der Waals surface area contributed by atoms with Gasteiger partial charge in [0.1, 0.15) is 5.82 Å². The molecule has 0 aliphatic carbocycles. The zero-order valence-electron chi connectivity index (χ0n) is 12.5. The Balaban J connectivity index is 1.83. The van der Waals surface area contributed by atoms with Crippen molar-refractivity contribution in [1.82, 2.24) is 9.97 Å². The number of nitrogens with two attached hydrogens (primary N) is 1. The van der Waals surface area contributed by atoms with Crippen molar-refractivity contribution in [1.29, 1.82) is 0 Å². The molecule has 1 aromatic heterocycles. The third-order valence-electron chi connectivity index (χ3n) is 2.96. The van der Waals surface area contributed by atoms with Crippen LogP contribution in [0.5, 0.6) is 5.88 Å². The fraction of sp³-hybridized carbons (Fsp3) is 0.375. The Kier molecular flexibility index (Phi) is 5.51. The SMILES string of the molecule is CC(C)Oc1cncc(NCCC(N)c2ccccc2)n1. The van der Waals surface area contributed by atoms with E-state index in [4.69, 9.17) is 10.5 Å². The molecule has 1 unspecified atom stereocenters. The summed E-state index contributed by atoms with van der Waals surface area (Å²) in [5.41, 5.74) is 7.30. The lowest BCUT2D eigenvalue weighted by atomic mass is 10.1. The average molecular weight is 286 g/mol. The Labute approximate surface area is 125 Å². The van der Waals surface area contributed by atoms with Crippen LogP contribution in [-0.2, 0) is 0 Å². The Hall–Kier alpha value is -2.14. The summed E-state index contributed by atoms with van der Waals surface area (Å²) in [5.74, 6) is 1.23. The van der Waals surface area contributed by atoms with Gasteiger partial charge in [0.2, 0.25) is 5.88 Å². The molecule has 21 heavy (non-hydrogen) atoms. The maximum absolute atomic E-state index is 6.15.